The van der Waals surface area contributed by atoms with E-state index >= 15 is 0 Å². The number of ether oxygens (including phenoxy) is 2. The number of fused-ring (bicyclic) bond motifs is 2. The van der Waals surface area contributed by atoms with Gasteiger partial charge in [0, 0.05) is 11.0 Å². The van der Waals surface area contributed by atoms with Crippen molar-refractivity contribution in [3.05, 3.63) is 68.0 Å². The van der Waals surface area contributed by atoms with E-state index in [0.29, 0.717) is 47.1 Å². The molecule has 1 aliphatic heterocycles. The van der Waals surface area contributed by atoms with Gasteiger partial charge in [-0.3, -0.25) is 9.59 Å². The van der Waals surface area contributed by atoms with Crippen LogP contribution < -0.4 is 14.9 Å². The molecule has 8 heteroatoms. The van der Waals surface area contributed by atoms with Gasteiger partial charge in [0.1, 0.15) is 5.58 Å². The molecule has 1 aromatic heterocycles. The predicted molar refractivity (Wildman–Crippen MR) is 144 cm³/mol. The molecule has 1 aliphatic rings. The van der Waals surface area contributed by atoms with Crippen LogP contribution in [0.25, 0.3) is 11.0 Å². The van der Waals surface area contributed by atoms with Crippen molar-refractivity contribution in [1.29, 1.82) is 0 Å². The fourth-order valence-corrected chi connectivity index (χ4v) is 4.87. The van der Waals surface area contributed by atoms with Crippen molar-refractivity contribution in [3.63, 3.8) is 0 Å². The molecule has 36 heavy (non-hydrogen) atoms. The number of methoxy groups -OCH3 is 1. The quantitative estimate of drug-likeness (QED) is 0.329. The Morgan fingerprint density at radius 2 is 1.89 bits per heavy atom. The van der Waals surface area contributed by atoms with Gasteiger partial charge in [-0.15, -0.1) is 0 Å². The molecular weight excluding hydrogens is 524 g/mol. The first-order valence-electron chi connectivity index (χ1n) is 12.2. The van der Waals surface area contributed by atoms with Crippen molar-refractivity contribution in [2.24, 2.45) is 5.92 Å². The van der Waals surface area contributed by atoms with Crippen molar-refractivity contribution in [1.82, 2.24) is 9.80 Å². The zero-order valence-corrected chi connectivity index (χ0v) is 23.1. The summed E-state index contributed by atoms with van der Waals surface area (Å²) in [4.78, 5) is 31.1. The van der Waals surface area contributed by atoms with Crippen molar-refractivity contribution in [2.75, 3.05) is 40.9 Å². The summed E-state index contributed by atoms with van der Waals surface area (Å²) < 4.78 is 18.4. The van der Waals surface area contributed by atoms with E-state index in [0.717, 1.165) is 29.4 Å². The van der Waals surface area contributed by atoms with Gasteiger partial charge in [0.2, 0.25) is 5.76 Å². The molecular formula is C28H33BrN2O5. The van der Waals surface area contributed by atoms with Crippen LogP contribution in [0.3, 0.4) is 0 Å². The highest BCUT2D eigenvalue weighted by Gasteiger charge is 2.42. The third-order valence-electron chi connectivity index (χ3n) is 6.39. The van der Waals surface area contributed by atoms with E-state index in [4.69, 9.17) is 13.9 Å². The fraction of sp³-hybridized carbons (Fsp3) is 0.429. The highest BCUT2D eigenvalue weighted by molar-refractivity contribution is 9.10. The number of hydrogen-bond acceptors (Lipinski definition) is 6. The normalized spacial score (nSPS) is 15.3. The lowest BCUT2D eigenvalue weighted by atomic mass is 9.98. The van der Waals surface area contributed by atoms with E-state index in [1.807, 2.05) is 32.3 Å². The van der Waals surface area contributed by atoms with Crippen molar-refractivity contribution >= 4 is 32.8 Å². The van der Waals surface area contributed by atoms with Gasteiger partial charge in [0.05, 0.1) is 30.7 Å². The second kappa shape index (κ2) is 11.0. The van der Waals surface area contributed by atoms with Gasteiger partial charge in [-0.05, 0) is 75.3 Å². The molecule has 7 nitrogen and oxygen atoms in total. The molecule has 192 valence electrons. The Bertz CT molecular complexity index is 1320. The maximum Gasteiger partial charge on any atom is 0.290 e. The van der Waals surface area contributed by atoms with E-state index in [9.17, 15) is 9.59 Å². The Morgan fingerprint density at radius 3 is 2.58 bits per heavy atom. The van der Waals surface area contributed by atoms with Crippen LogP contribution in [0.5, 0.6) is 11.5 Å². The molecule has 3 aromatic rings. The topological polar surface area (TPSA) is 72.2 Å². The van der Waals surface area contributed by atoms with E-state index in [1.165, 1.54) is 0 Å². The molecule has 0 N–H and O–H groups in total. The number of hydrogen-bond donors (Lipinski definition) is 0. The highest BCUT2D eigenvalue weighted by atomic mass is 79.9. The minimum Gasteiger partial charge on any atom is -0.493 e. The Balaban J connectivity index is 1.80. The summed E-state index contributed by atoms with van der Waals surface area (Å²) in [6.07, 6.45) is 1.69. The largest absolute Gasteiger partial charge is 0.493 e. The van der Waals surface area contributed by atoms with E-state index in [2.05, 4.69) is 34.7 Å². The van der Waals surface area contributed by atoms with E-state index in [-0.39, 0.29) is 17.1 Å². The van der Waals surface area contributed by atoms with Crippen LogP contribution in [0.2, 0.25) is 0 Å². The summed E-state index contributed by atoms with van der Waals surface area (Å²) >= 11 is 3.44. The lowest BCUT2D eigenvalue weighted by molar-refractivity contribution is 0.0722. The number of amides is 1. The average molecular weight is 557 g/mol. The number of halogens is 1. The molecule has 4 rings (SSSR count). The molecule has 1 unspecified atom stereocenters. The van der Waals surface area contributed by atoms with Gasteiger partial charge >= 0.3 is 0 Å². The maximum atomic E-state index is 13.7. The van der Waals surface area contributed by atoms with Crippen LogP contribution in [0, 0.1) is 5.92 Å². The standard InChI is InChI=1S/C28H33BrN2O5/c1-17(2)11-14-35-22-9-7-18(15-23(22)34-5)25-24-26(32)20-16-19(29)8-10-21(20)36-27(24)28(33)31(25)13-6-12-30(3)4/h7-10,15-17,25H,6,11-14H2,1-5H3. The third kappa shape index (κ3) is 5.30. The third-order valence-corrected chi connectivity index (χ3v) is 6.88. The number of nitrogens with zero attached hydrogens (tertiary/aromatic N) is 2. The van der Waals surface area contributed by atoms with Gasteiger partial charge in [0.15, 0.2) is 16.9 Å². The second-order valence-corrected chi connectivity index (χ2v) is 10.7. The Hall–Kier alpha value is -2.84. The second-order valence-electron chi connectivity index (χ2n) is 9.81. The first kappa shape index (κ1) is 26.2. The SMILES string of the molecule is COc1cc(C2c3c(oc4ccc(Br)cc4c3=O)C(=O)N2CCCN(C)C)ccc1OCCC(C)C. The fourth-order valence-electron chi connectivity index (χ4n) is 4.51. The Morgan fingerprint density at radius 1 is 1.11 bits per heavy atom. The summed E-state index contributed by atoms with van der Waals surface area (Å²) in [5, 5.41) is 0.441. The Labute approximate surface area is 220 Å². The van der Waals surface area contributed by atoms with Gasteiger partial charge < -0.3 is 23.7 Å². The summed E-state index contributed by atoms with van der Waals surface area (Å²) in [6, 6.07) is 10.3. The van der Waals surface area contributed by atoms with Crippen molar-refractivity contribution in [2.45, 2.75) is 32.7 Å². The molecule has 0 saturated heterocycles. The lowest BCUT2D eigenvalue weighted by Gasteiger charge is -2.26. The minimum atomic E-state index is -0.576. The van der Waals surface area contributed by atoms with Gasteiger partial charge in [-0.1, -0.05) is 35.8 Å². The van der Waals surface area contributed by atoms with Crippen molar-refractivity contribution < 1.29 is 18.7 Å². The summed E-state index contributed by atoms with van der Waals surface area (Å²) in [7, 11) is 5.59. The van der Waals surface area contributed by atoms with Gasteiger partial charge in [0.25, 0.3) is 5.91 Å². The molecule has 0 fully saturated rings. The summed E-state index contributed by atoms with van der Waals surface area (Å²) in [5.74, 6) is 1.58. The van der Waals surface area contributed by atoms with Crippen LogP contribution in [-0.4, -0.2) is 56.6 Å². The smallest absolute Gasteiger partial charge is 0.290 e. The monoisotopic (exact) mass is 556 g/mol. The number of carbonyl (C=O) groups excluding carboxylic acids is 1. The lowest BCUT2D eigenvalue weighted by Crippen LogP contribution is -2.32. The molecule has 2 aromatic carbocycles. The van der Waals surface area contributed by atoms with Crippen LogP contribution in [-0.2, 0) is 0 Å². The molecule has 1 amide bonds. The van der Waals surface area contributed by atoms with Gasteiger partial charge in [-0.25, -0.2) is 0 Å². The average Bonchev–Trinajstić information content (AvgIpc) is 3.11. The molecule has 0 bridgehead atoms. The predicted octanol–water partition coefficient (Wildman–Crippen LogP) is 5.49. The summed E-state index contributed by atoms with van der Waals surface area (Å²) in [5.41, 5.74) is 1.35. The van der Waals surface area contributed by atoms with Crippen LogP contribution >= 0.6 is 15.9 Å². The first-order valence-corrected chi connectivity index (χ1v) is 13.0. The number of carbonyl (C=O) groups is 1. The molecule has 0 radical (unpaired) electrons. The zero-order chi connectivity index (χ0) is 26.0. The summed E-state index contributed by atoms with van der Waals surface area (Å²) in [6.45, 7) is 6.18. The maximum absolute atomic E-state index is 13.7. The zero-order valence-electron chi connectivity index (χ0n) is 21.5. The van der Waals surface area contributed by atoms with Crippen molar-refractivity contribution in [3.8, 4) is 11.5 Å². The van der Waals surface area contributed by atoms with Crippen LogP contribution in [0.1, 0.15) is 54.4 Å². The molecule has 1 atom stereocenters. The molecule has 0 saturated carbocycles. The molecule has 2 heterocycles. The van der Waals surface area contributed by atoms with Gasteiger partial charge in [-0.2, -0.15) is 0 Å². The number of rotatable bonds is 10. The minimum absolute atomic E-state index is 0.112. The Kier molecular flexibility index (Phi) is 8.05. The number of benzene rings is 2. The van der Waals surface area contributed by atoms with Crippen LogP contribution in [0.4, 0.5) is 0 Å². The molecule has 0 spiro atoms. The first-order chi connectivity index (χ1) is 17.2. The highest BCUT2D eigenvalue weighted by Crippen LogP contribution is 2.41. The van der Waals surface area contributed by atoms with Crippen LogP contribution in [0.15, 0.2) is 50.1 Å². The van der Waals surface area contributed by atoms with E-state index < -0.39 is 6.04 Å². The van der Waals surface area contributed by atoms with E-state index in [1.54, 1.807) is 30.2 Å². The molecule has 0 aliphatic carbocycles.